The maximum absolute atomic E-state index is 13.9. The zero-order valence-corrected chi connectivity index (χ0v) is 20.8. The molecule has 0 bridgehead atoms. The highest BCUT2D eigenvalue weighted by Crippen LogP contribution is 2.45. The molecule has 1 aliphatic rings. The number of thiophene rings is 1. The summed E-state index contributed by atoms with van der Waals surface area (Å²) in [5, 5.41) is 13.6. The molecule has 2 aromatic carbocycles. The SMILES string of the molecule is CC(C1CCNCC1)N(C(=O)c1ccc(Cl)cc1Cl)c1cc(-c2ccccc2)sc1OC(=O)O. The van der Waals surface area contributed by atoms with Crippen LogP contribution in [0.15, 0.2) is 54.6 Å². The molecule has 1 aromatic heterocycles. The summed E-state index contributed by atoms with van der Waals surface area (Å²) in [6.07, 6.45) is 0.350. The fraction of sp³-hybridized carbons (Fsp3) is 0.280. The minimum absolute atomic E-state index is 0.144. The number of carboxylic acid groups (broad SMARTS) is 1. The number of nitrogens with zero attached hydrogens (tertiary/aromatic N) is 1. The summed E-state index contributed by atoms with van der Waals surface area (Å²) in [5.41, 5.74) is 1.61. The van der Waals surface area contributed by atoms with Crippen molar-refractivity contribution in [3.05, 3.63) is 70.2 Å². The van der Waals surface area contributed by atoms with Gasteiger partial charge in [0, 0.05) is 15.9 Å². The van der Waals surface area contributed by atoms with E-state index in [1.165, 1.54) is 17.4 Å². The molecule has 1 amide bonds. The van der Waals surface area contributed by atoms with Gasteiger partial charge in [-0.2, -0.15) is 0 Å². The number of hydrogen-bond donors (Lipinski definition) is 2. The number of halogens is 2. The standard InChI is InChI=1S/C25H24Cl2N2O4S/c1-15(16-9-11-28-12-10-16)29(23(30)19-8-7-18(26)13-20(19)27)21-14-22(17-5-3-2-4-6-17)34-24(21)33-25(31)32/h2-8,13-16,28H,9-12H2,1H3,(H,31,32). The Balaban J connectivity index is 1.84. The minimum Gasteiger partial charge on any atom is -0.449 e. The predicted molar refractivity (Wildman–Crippen MR) is 137 cm³/mol. The van der Waals surface area contributed by atoms with Gasteiger partial charge in [-0.05, 0) is 68.6 Å². The van der Waals surface area contributed by atoms with Crippen molar-refractivity contribution in [2.75, 3.05) is 18.0 Å². The molecule has 0 aliphatic carbocycles. The van der Waals surface area contributed by atoms with E-state index in [-0.39, 0.29) is 28.0 Å². The van der Waals surface area contributed by atoms with Crippen molar-refractivity contribution in [2.45, 2.75) is 25.8 Å². The second kappa shape index (κ2) is 10.8. The van der Waals surface area contributed by atoms with Gasteiger partial charge in [-0.25, -0.2) is 4.79 Å². The quantitative estimate of drug-likeness (QED) is 0.350. The van der Waals surface area contributed by atoms with E-state index in [1.807, 2.05) is 43.3 Å². The Bertz CT molecular complexity index is 1180. The molecule has 9 heteroatoms. The molecule has 1 unspecified atom stereocenters. The van der Waals surface area contributed by atoms with Crippen LogP contribution in [-0.4, -0.2) is 36.3 Å². The van der Waals surface area contributed by atoms with Crippen molar-refractivity contribution >= 4 is 52.3 Å². The maximum Gasteiger partial charge on any atom is 0.512 e. The number of piperidine rings is 1. The fourth-order valence-corrected chi connectivity index (χ4v) is 5.76. The summed E-state index contributed by atoms with van der Waals surface area (Å²) < 4.78 is 5.18. The van der Waals surface area contributed by atoms with Gasteiger partial charge in [-0.3, -0.25) is 4.79 Å². The average Bonchev–Trinajstić information content (AvgIpc) is 3.22. The van der Waals surface area contributed by atoms with E-state index >= 15 is 0 Å². The van der Waals surface area contributed by atoms with E-state index in [4.69, 9.17) is 27.9 Å². The van der Waals surface area contributed by atoms with Crippen molar-refractivity contribution < 1.29 is 19.4 Å². The molecular formula is C25H24Cl2N2O4S. The van der Waals surface area contributed by atoms with E-state index in [0.29, 0.717) is 16.3 Å². The number of benzene rings is 2. The number of carbonyl (C=O) groups excluding carboxylic acids is 1. The lowest BCUT2D eigenvalue weighted by Crippen LogP contribution is -2.46. The Morgan fingerprint density at radius 1 is 1.12 bits per heavy atom. The van der Waals surface area contributed by atoms with Crippen LogP contribution in [0.3, 0.4) is 0 Å². The summed E-state index contributed by atoms with van der Waals surface area (Å²) in [5.74, 6) is -0.116. The first-order chi connectivity index (χ1) is 16.3. The molecular weight excluding hydrogens is 495 g/mol. The molecule has 1 atom stereocenters. The molecule has 3 aromatic rings. The number of nitrogens with one attached hydrogen (secondary N) is 1. The predicted octanol–water partition coefficient (Wildman–Crippen LogP) is 6.81. The zero-order valence-electron chi connectivity index (χ0n) is 18.5. The largest absolute Gasteiger partial charge is 0.512 e. The topological polar surface area (TPSA) is 78.9 Å². The van der Waals surface area contributed by atoms with Crippen LogP contribution in [0.1, 0.15) is 30.1 Å². The third kappa shape index (κ3) is 5.39. The van der Waals surface area contributed by atoms with Gasteiger partial charge in [0.25, 0.3) is 5.91 Å². The van der Waals surface area contributed by atoms with Crippen molar-refractivity contribution in [2.24, 2.45) is 5.92 Å². The van der Waals surface area contributed by atoms with Crippen LogP contribution >= 0.6 is 34.5 Å². The molecule has 178 valence electrons. The lowest BCUT2D eigenvalue weighted by Gasteiger charge is -2.37. The van der Waals surface area contributed by atoms with E-state index in [0.717, 1.165) is 36.4 Å². The molecule has 1 saturated heterocycles. The van der Waals surface area contributed by atoms with E-state index in [1.54, 1.807) is 17.0 Å². The summed E-state index contributed by atoms with van der Waals surface area (Å²) in [7, 11) is 0. The second-order valence-corrected chi connectivity index (χ2v) is 10.0. The van der Waals surface area contributed by atoms with E-state index in [9.17, 15) is 14.7 Å². The maximum atomic E-state index is 13.9. The van der Waals surface area contributed by atoms with Crippen LogP contribution in [0.4, 0.5) is 10.5 Å². The van der Waals surface area contributed by atoms with Crippen LogP contribution in [0.2, 0.25) is 10.0 Å². The van der Waals surface area contributed by atoms with Crippen LogP contribution in [0.25, 0.3) is 10.4 Å². The number of amides is 1. The summed E-state index contributed by atoms with van der Waals surface area (Å²) in [4.78, 5) is 27.9. The van der Waals surface area contributed by atoms with Crippen molar-refractivity contribution in [1.82, 2.24) is 5.32 Å². The molecule has 34 heavy (non-hydrogen) atoms. The molecule has 1 fully saturated rings. The molecule has 4 rings (SSSR count). The minimum atomic E-state index is -1.44. The van der Waals surface area contributed by atoms with E-state index < -0.39 is 6.16 Å². The number of rotatable bonds is 6. The number of ether oxygens (including phenoxy) is 1. The van der Waals surface area contributed by atoms with Gasteiger partial charge >= 0.3 is 6.16 Å². The fourth-order valence-electron chi connectivity index (χ4n) is 4.27. The molecule has 0 spiro atoms. The van der Waals surface area contributed by atoms with Gasteiger partial charge in [0.1, 0.15) is 0 Å². The number of carbonyl (C=O) groups is 2. The molecule has 6 nitrogen and oxygen atoms in total. The molecule has 2 heterocycles. The Morgan fingerprint density at radius 3 is 2.47 bits per heavy atom. The third-order valence-corrected chi connectivity index (χ3v) is 7.63. The first-order valence-corrected chi connectivity index (χ1v) is 12.5. The first-order valence-electron chi connectivity index (χ1n) is 10.9. The highest BCUT2D eigenvalue weighted by molar-refractivity contribution is 7.18. The second-order valence-electron chi connectivity index (χ2n) is 8.14. The average molecular weight is 519 g/mol. The highest BCUT2D eigenvalue weighted by atomic mass is 35.5. The Labute approximate surface area is 212 Å². The summed E-state index contributed by atoms with van der Waals surface area (Å²) >= 11 is 13.7. The van der Waals surface area contributed by atoms with Gasteiger partial charge in [0.05, 0.1) is 16.3 Å². The zero-order chi connectivity index (χ0) is 24.2. The first kappa shape index (κ1) is 24.5. The van der Waals surface area contributed by atoms with Gasteiger partial charge < -0.3 is 20.1 Å². The molecule has 0 saturated carbocycles. The number of hydrogen-bond acceptors (Lipinski definition) is 5. The van der Waals surface area contributed by atoms with Crippen LogP contribution in [0, 0.1) is 5.92 Å². The Hall–Kier alpha value is -2.58. The van der Waals surface area contributed by atoms with Crippen LogP contribution < -0.4 is 15.0 Å². The summed E-state index contributed by atoms with van der Waals surface area (Å²) in [6, 6.07) is 15.9. The number of anilines is 1. The normalized spacial score (nSPS) is 15.0. The van der Waals surface area contributed by atoms with Crippen LogP contribution in [-0.2, 0) is 0 Å². The van der Waals surface area contributed by atoms with Gasteiger partial charge in [0.15, 0.2) is 0 Å². The monoisotopic (exact) mass is 518 g/mol. The third-order valence-electron chi connectivity index (χ3n) is 6.03. The molecule has 1 aliphatic heterocycles. The Kier molecular flexibility index (Phi) is 7.78. The van der Waals surface area contributed by atoms with Crippen LogP contribution in [0.5, 0.6) is 5.06 Å². The van der Waals surface area contributed by atoms with Gasteiger partial charge in [-0.15, -0.1) is 0 Å². The highest BCUT2D eigenvalue weighted by Gasteiger charge is 2.34. The lowest BCUT2D eigenvalue weighted by atomic mass is 9.89. The smallest absolute Gasteiger partial charge is 0.449 e. The van der Waals surface area contributed by atoms with Gasteiger partial charge in [0.2, 0.25) is 5.06 Å². The van der Waals surface area contributed by atoms with Crippen molar-refractivity contribution in [3.8, 4) is 15.5 Å². The van der Waals surface area contributed by atoms with E-state index in [2.05, 4.69) is 5.32 Å². The Morgan fingerprint density at radius 2 is 1.82 bits per heavy atom. The summed E-state index contributed by atoms with van der Waals surface area (Å²) in [6.45, 7) is 3.70. The van der Waals surface area contributed by atoms with Gasteiger partial charge in [-0.1, -0.05) is 64.9 Å². The van der Waals surface area contributed by atoms with Crippen molar-refractivity contribution in [1.29, 1.82) is 0 Å². The lowest BCUT2D eigenvalue weighted by molar-refractivity contribution is 0.0964. The van der Waals surface area contributed by atoms with Crippen molar-refractivity contribution in [3.63, 3.8) is 0 Å². The molecule has 2 N–H and O–H groups in total. The molecule has 0 radical (unpaired) electrons.